The van der Waals surface area contributed by atoms with Crippen LogP contribution in [0.15, 0.2) is 72.9 Å². The molecule has 0 rings (SSSR count). The number of allylic oxidation sites excluding steroid dienone is 12. The van der Waals surface area contributed by atoms with Gasteiger partial charge < -0.3 is 14.2 Å². The molecule has 0 fully saturated rings. The predicted molar refractivity (Wildman–Crippen MR) is 339 cm³/mol. The van der Waals surface area contributed by atoms with Crippen molar-refractivity contribution < 1.29 is 28.6 Å². The first-order valence-electron chi connectivity index (χ1n) is 33.9. The van der Waals surface area contributed by atoms with Gasteiger partial charge in [0.1, 0.15) is 13.2 Å². The number of hydrogen-bond donors (Lipinski definition) is 0. The van der Waals surface area contributed by atoms with Crippen LogP contribution < -0.4 is 0 Å². The summed E-state index contributed by atoms with van der Waals surface area (Å²) in [7, 11) is 0. The van der Waals surface area contributed by atoms with Gasteiger partial charge in [-0.2, -0.15) is 0 Å². The standard InChI is InChI=1S/C72H128O6/c1-4-7-10-13-16-18-20-22-24-26-28-30-31-32-33-34-35-36-37-38-39-40-41-43-44-46-48-50-52-54-56-59-62-65-71(74)77-68-69(67-76-70(73)64-61-58-15-12-9-6-3)78-72(75)66-63-60-57-55-53-51-49-47-45-42-29-27-25-23-21-19-17-14-11-8-5-2/h8,11,17,19-20,22-23,25-26,28-29,42,69H,4-7,9-10,12-16,18,21,24,27,30-41,43-68H2,1-3H3/b11-8-,19-17-,22-20-,25-23-,28-26-,42-29-. The molecule has 6 nitrogen and oxygen atoms in total. The highest BCUT2D eigenvalue weighted by Gasteiger charge is 2.19. The second kappa shape index (κ2) is 66.4. The third kappa shape index (κ3) is 63.7. The summed E-state index contributed by atoms with van der Waals surface area (Å²) in [5.74, 6) is -0.878. The van der Waals surface area contributed by atoms with Gasteiger partial charge in [0.25, 0.3) is 0 Å². The molecule has 0 N–H and O–H groups in total. The lowest BCUT2D eigenvalue weighted by Crippen LogP contribution is -2.30. The fraction of sp³-hybridized carbons (Fsp3) is 0.792. The molecule has 6 heteroatoms. The largest absolute Gasteiger partial charge is 0.462 e. The molecule has 0 aromatic rings. The molecule has 0 aliphatic rings. The number of ether oxygens (including phenoxy) is 3. The molecule has 452 valence electrons. The highest BCUT2D eigenvalue weighted by atomic mass is 16.6. The van der Waals surface area contributed by atoms with Crippen LogP contribution in [-0.2, 0) is 28.6 Å². The molecule has 0 saturated heterocycles. The monoisotopic (exact) mass is 1090 g/mol. The van der Waals surface area contributed by atoms with E-state index >= 15 is 0 Å². The van der Waals surface area contributed by atoms with Crippen molar-refractivity contribution in [3.63, 3.8) is 0 Å². The summed E-state index contributed by atoms with van der Waals surface area (Å²) in [6, 6.07) is 0. The van der Waals surface area contributed by atoms with Crippen molar-refractivity contribution in [1.82, 2.24) is 0 Å². The molecule has 0 aromatic heterocycles. The van der Waals surface area contributed by atoms with Crippen molar-refractivity contribution in [2.75, 3.05) is 13.2 Å². The molecule has 0 aliphatic carbocycles. The summed E-state index contributed by atoms with van der Waals surface area (Å²) in [4.78, 5) is 38.0. The molecule has 78 heavy (non-hydrogen) atoms. The van der Waals surface area contributed by atoms with E-state index in [1.165, 1.54) is 212 Å². The predicted octanol–water partition coefficient (Wildman–Crippen LogP) is 23.3. The maximum absolute atomic E-state index is 12.8. The Morgan fingerprint density at radius 3 is 0.782 bits per heavy atom. The van der Waals surface area contributed by atoms with Crippen molar-refractivity contribution in [3.05, 3.63) is 72.9 Å². The quantitative estimate of drug-likeness (QED) is 0.0261. The van der Waals surface area contributed by atoms with Crippen LogP contribution in [0.3, 0.4) is 0 Å². The summed E-state index contributed by atoms with van der Waals surface area (Å²) < 4.78 is 16.8. The van der Waals surface area contributed by atoms with Gasteiger partial charge >= 0.3 is 17.9 Å². The number of rotatable bonds is 62. The van der Waals surface area contributed by atoms with E-state index in [9.17, 15) is 14.4 Å². The molecule has 0 spiro atoms. The third-order valence-corrected chi connectivity index (χ3v) is 14.9. The van der Waals surface area contributed by atoms with Crippen LogP contribution in [0.1, 0.15) is 348 Å². The highest BCUT2D eigenvalue weighted by Crippen LogP contribution is 2.18. The second-order valence-electron chi connectivity index (χ2n) is 22.7. The lowest BCUT2D eigenvalue weighted by Gasteiger charge is -2.18. The van der Waals surface area contributed by atoms with E-state index in [2.05, 4.69) is 93.7 Å². The molecule has 0 heterocycles. The van der Waals surface area contributed by atoms with E-state index in [0.29, 0.717) is 19.3 Å². The minimum absolute atomic E-state index is 0.0750. The van der Waals surface area contributed by atoms with E-state index in [4.69, 9.17) is 14.2 Å². The molecule has 0 aliphatic heterocycles. The molecule has 0 aromatic carbocycles. The van der Waals surface area contributed by atoms with Crippen LogP contribution in [0.5, 0.6) is 0 Å². The summed E-state index contributed by atoms with van der Waals surface area (Å²) in [6.07, 6.45) is 86.9. The van der Waals surface area contributed by atoms with Crippen molar-refractivity contribution in [2.24, 2.45) is 0 Å². The van der Waals surface area contributed by atoms with E-state index in [1.807, 2.05) is 0 Å². The van der Waals surface area contributed by atoms with Crippen LogP contribution in [0, 0.1) is 0 Å². The Bertz CT molecular complexity index is 1440. The molecular formula is C72H128O6. The molecule has 0 radical (unpaired) electrons. The van der Waals surface area contributed by atoms with Gasteiger partial charge in [-0.1, -0.05) is 312 Å². The maximum atomic E-state index is 12.8. The first kappa shape index (κ1) is 74.8. The fourth-order valence-corrected chi connectivity index (χ4v) is 9.88. The van der Waals surface area contributed by atoms with Gasteiger partial charge in [0.15, 0.2) is 6.10 Å². The van der Waals surface area contributed by atoms with Crippen molar-refractivity contribution in [2.45, 2.75) is 354 Å². The Kier molecular flexibility index (Phi) is 63.7. The normalized spacial score (nSPS) is 12.5. The minimum atomic E-state index is -0.776. The molecule has 1 unspecified atom stereocenters. The molecule has 1 atom stereocenters. The lowest BCUT2D eigenvalue weighted by atomic mass is 10.0. The van der Waals surface area contributed by atoms with Gasteiger partial charge in [-0.05, 0) is 89.9 Å². The first-order valence-corrected chi connectivity index (χ1v) is 33.9. The zero-order valence-corrected chi connectivity index (χ0v) is 51.9. The average Bonchev–Trinajstić information content (AvgIpc) is 3.44. The van der Waals surface area contributed by atoms with Crippen LogP contribution in [-0.4, -0.2) is 37.2 Å². The second-order valence-corrected chi connectivity index (χ2v) is 22.7. The van der Waals surface area contributed by atoms with E-state index in [1.54, 1.807) is 0 Å². The smallest absolute Gasteiger partial charge is 0.306 e. The Morgan fingerprint density at radius 1 is 0.269 bits per heavy atom. The van der Waals surface area contributed by atoms with E-state index in [-0.39, 0.29) is 31.1 Å². The maximum Gasteiger partial charge on any atom is 0.306 e. The Labute approximate surface area is 484 Å². The van der Waals surface area contributed by atoms with Crippen LogP contribution in [0.4, 0.5) is 0 Å². The Hall–Kier alpha value is -3.15. The zero-order chi connectivity index (χ0) is 56.4. The highest BCUT2D eigenvalue weighted by molar-refractivity contribution is 5.71. The van der Waals surface area contributed by atoms with Crippen molar-refractivity contribution in [3.8, 4) is 0 Å². The number of hydrogen-bond acceptors (Lipinski definition) is 6. The Morgan fingerprint density at radius 2 is 0.500 bits per heavy atom. The number of esters is 3. The van der Waals surface area contributed by atoms with Crippen molar-refractivity contribution >= 4 is 17.9 Å². The minimum Gasteiger partial charge on any atom is -0.462 e. The SMILES string of the molecule is CC/C=C\C/C=C\C/C=C\C/C=C\CCCCCCCCCCC(=O)OC(COC(=O)CCCCCCCC)COC(=O)CCCCCCCCCCCCCCCCCCCCCCC/C=C\C/C=C\CCCCCCC. The Balaban J connectivity index is 3.98. The topological polar surface area (TPSA) is 78.9 Å². The van der Waals surface area contributed by atoms with Gasteiger partial charge in [-0.3, -0.25) is 14.4 Å². The lowest BCUT2D eigenvalue weighted by molar-refractivity contribution is -0.167. The van der Waals surface area contributed by atoms with Crippen molar-refractivity contribution in [1.29, 1.82) is 0 Å². The zero-order valence-electron chi connectivity index (χ0n) is 51.9. The van der Waals surface area contributed by atoms with E-state index in [0.717, 1.165) is 96.3 Å². The number of carbonyl (C=O) groups is 3. The van der Waals surface area contributed by atoms with Crippen LogP contribution >= 0.6 is 0 Å². The van der Waals surface area contributed by atoms with Crippen LogP contribution in [0.2, 0.25) is 0 Å². The van der Waals surface area contributed by atoms with Gasteiger partial charge in [0.05, 0.1) is 0 Å². The molecule has 0 bridgehead atoms. The summed E-state index contributed by atoms with van der Waals surface area (Å²) in [5, 5.41) is 0. The summed E-state index contributed by atoms with van der Waals surface area (Å²) >= 11 is 0. The van der Waals surface area contributed by atoms with Crippen LogP contribution in [0.25, 0.3) is 0 Å². The molecule has 0 amide bonds. The van der Waals surface area contributed by atoms with E-state index < -0.39 is 6.10 Å². The van der Waals surface area contributed by atoms with Gasteiger partial charge in [0, 0.05) is 19.3 Å². The molecule has 0 saturated carbocycles. The van der Waals surface area contributed by atoms with Gasteiger partial charge in [0.2, 0.25) is 0 Å². The van der Waals surface area contributed by atoms with Gasteiger partial charge in [-0.25, -0.2) is 0 Å². The average molecular weight is 1090 g/mol. The van der Waals surface area contributed by atoms with Gasteiger partial charge in [-0.15, -0.1) is 0 Å². The summed E-state index contributed by atoms with van der Waals surface area (Å²) in [6.45, 7) is 6.49. The molecular weight excluding hydrogens is 961 g/mol. The fourth-order valence-electron chi connectivity index (χ4n) is 9.88. The third-order valence-electron chi connectivity index (χ3n) is 14.9. The number of unbranched alkanes of at least 4 members (excludes halogenated alkanes) is 39. The first-order chi connectivity index (χ1) is 38.5. The summed E-state index contributed by atoms with van der Waals surface area (Å²) in [5.41, 5.74) is 0. The number of carbonyl (C=O) groups excluding carboxylic acids is 3.